The Morgan fingerprint density at radius 3 is 1.20 bits per heavy atom. The Hall–Kier alpha value is -4.15. The van der Waals surface area contributed by atoms with Gasteiger partial charge in [0, 0.05) is 49.9 Å². The van der Waals surface area contributed by atoms with Crippen LogP contribution in [0.4, 0.5) is 4.79 Å². The van der Waals surface area contributed by atoms with Crippen LogP contribution in [0.3, 0.4) is 0 Å². The number of fused-ring (bicyclic) bond motifs is 4. The van der Waals surface area contributed by atoms with Crippen LogP contribution in [-0.2, 0) is 9.47 Å². The van der Waals surface area contributed by atoms with E-state index in [0.717, 1.165) is 25.7 Å². The summed E-state index contributed by atoms with van der Waals surface area (Å²) in [5, 5.41) is 0. The topological polar surface area (TPSA) is 113 Å². The predicted octanol–water partition coefficient (Wildman–Crippen LogP) is 4.85. The average molecular weight is 609 g/mol. The van der Waals surface area contributed by atoms with E-state index in [2.05, 4.69) is 0 Å². The molecule has 2 aromatic rings. The van der Waals surface area contributed by atoms with Crippen molar-refractivity contribution in [2.45, 2.75) is 87.7 Å². The fourth-order valence-corrected chi connectivity index (χ4v) is 7.57. The molecule has 2 aromatic carbocycles. The monoisotopic (exact) mass is 608 g/mol. The van der Waals surface area contributed by atoms with E-state index in [-0.39, 0.29) is 42.4 Å². The fourth-order valence-electron chi connectivity index (χ4n) is 7.57. The number of carbonyl (C=O) groups is 3. The van der Waals surface area contributed by atoms with Gasteiger partial charge in [0.1, 0.15) is 12.2 Å². The lowest BCUT2D eigenvalue weighted by Crippen LogP contribution is -2.58. The van der Waals surface area contributed by atoms with E-state index in [9.17, 15) is 14.4 Å². The number of nitrogens with zero attached hydrogens (tertiary/aromatic N) is 2. The lowest BCUT2D eigenvalue weighted by Gasteiger charge is -2.45. The molecule has 4 fully saturated rings. The highest BCUT2D eigenvalue weighted by atomic mass is 16.6. The molecule has 0 saturated carbocycles. The second-order valence-corrected chi connectivity index (χ2v) is 12.0. The largest absolute Gasteiger partial charge is 0.493 e. The number of benzene rings is 2. The summed E-state index contributed by atoms with van der Waals surface area (Å²) < 4.78 is 33.0. The number of hydrogen-bond acceptors (Lipinski definition) is 9. The quantitative estimate of drug-likeness (QED) is 0.388. The van der Waals surface area contributed by atoms with Gasteiger partial charge in [-0.3, -0.25) is 0 Å². The van der Waals surface area contributed by atoms with Gasteiger partial charge in [0.15, 0.2) is 23.0 Å². The van der Waals surface area contributed by atoms with E-state index >= 15 is 0 Å². The number of carbonyl (C=O) groups excluding carboxylic acids is 3. The van der Waals surface area contributed by atoms with Crippen molar-refractivity contribution < 1.29 is 42.8 Å². The highest BCUT2D eigenvalue weighted by Crippen LogP contribution is 2.43. The van der Waals surface area contributed by atoms with Crippen LogP contribution < -0.4 is 18.9 Å². The predicted molar refractivity (Wildman–Crippen MR) is 159 cm³/mol. The van der Waals surface area contributed by atoms with E-state index in [1.54, 1.807) is 50.6 Å². The molecule has 4 saturated heterocycles. The van der Waals surface area contributed by atoms with Crippen LogP contribution in [0.15, 0.2) is 36.4 Å². The van der Waals surface area contributed by atoms with Crippen molar-refractivity contribution in [1.29, 1.82) is 0 Å². The number of hydrogen-bond donors (Lipinski definition) is 0. The Labute approximate surface area is 257 Å². The minimum Gasteiger partial charge on any atom is -0.493 e. The zero-order valence-corrected chi connectivity index (χ0v) is 25.7. The first-order valence-electron chi connectivity index (χ1n) is 15.3. The smallest absolute Gasteiger partial charge is 0.338 e. The first-order chi connectivity index (χ1) is 21.3. The third kappa shape index (κ3) is 5.59. The number of urea groups is 1. The van der Waals surface area contributed by atoms with E-state index in [4.69, 9.17) is 28.4 Å². The molecule has 4 aliphatic rings. The molecule has 4 heterocycles. The number of esters is 2. The van der Waals surface area contributed by atoms with Gasteiger partial charge in [0.05, 0.1) is 39.6 Å². The van der Waals surface area contributed by atoms with Crippen LogP contribution in [0.5, 0.6) is 23.0 Å². The minimum atomic E-state index is -0.405. The zero-order chi connectivity index (χ0) is 31.0. The number of ether oxygens (including phenoxy) is 6. The third-order valence-corrected chi connectivity index (χ3v) is 9.61. The van der Waals surface area contributed by atoms with Gasteiger partial charge in [-0.1, -0.05) is 0 Å². The van der Waals surface area contributed by atoms with Crippen LogP contribution >= 0.6 is 0 Å². The summed E-state index contributed by atoms with van der Waals surface area (Å²) in [6, 6.07) is 10.2. The maximum atomic E-state index is 14.0. The standard InChI is InChI=1S/C33H40N2O9/c1-39-27-11-5-19(13-29(27)41-3)31(36)43-25-15-21-7-8-22(16-25)34(21)33(38)35-23-9-10-24(35)18-26(17-23)44-32(37)20-6-12-28(40-2)30(14-20)42-4/h5-6,11-14,21-26H,7-10,15-18H2,1-4H3/t21-,22+,23-,24+,25?,26?. The summed E-state index contributed by atoms with van der Waals surface area (Å²) in [6.45, 7) is 0. The molecule has 0 spiro atoms. The minimum absolute atomic E-state index is 0.0319. The first kappa shape index (κ1) is 29.9. The van der Waals surface area contributed by atoms with Crippen molar-refractivity contribution in [2.24, 2.45) is 0 Å². The van der Waals surface area contributed by atoms with E-state index in [1.807, 2.05) is 9.80 Å². The number of methoxy groups -OCH3 is 4. The maximum Gasteiger partial charge on any atom is 0.338 e. The zero-order valence-electron chi connectivity index (χ0n) is 25.7. The number of piperidine rings is 2. The van der Waals surface area contributed by atoms with Crippen LogP contribution in [0.2, 0.25) is 0 Å². The summed E-state index contributed by atoms with van der Waals surface area (Å²) in [5.74, 6) is 1.22. The molecule has 2 amide bonds. The maximum absolute atomic E-state index is 14.0. The molecular formula is C33H40N2O9. The summed E-state index contributed by atoms with van der Waals surface area (Å²) in [6.07, 6.45) is 5.57. The Kier molecular flexibility index (Phi) is 8.46. The van der Waals surface area contributed by atoms with Crippen molar-refractivity contribution in [3.63, 3.8) is 0 Å². The molecule has 11 nitrogen and oxygen atoms in total. The summed E-state index contributed by atoms with van der Waals surface area (Å²) in [5.41, 5.74) is 0.805. The molecule has 236 valence electrons. The molecule has 6 atom stereocenters. The van der Waals surface area contributed by atoms with Gasteiger partial charge in [0.25, 0.3) is 0 Å². The molecule has 44 heavy (non-hydrogen) atoms. The molecule has 4 aliphatic heterocycles. The van der Waals surface area contributed by atoms with Crippen LogP contribution in [0.1, 0.15) is 72.1 Å². The first-order valence-corrected chi connectivity index (χ1v) is 15.3. The van der Waals surface area contributed by atoms with E-state index in [0.29, 0.717) is 59.8 Å². The van der Waals surface area contributed by atoms with Crippen molar-refractivity contribution in [3.05, 3.63) is 47.5 Å². The Bertz CT molecular complexity index is 1280. The fraction of sp³-hybridized carbons (Fsp3) is 0.545. The van der Waals surface area contributed by atoms with Crippen molar-refractivity contribution in [3.8, 4) is 23.0 Å². The highest BCUT2D eigenvalue weighted by Gasteiger charge is 2.51. The third-order valence-electron chi connectivity index (χ3n) is 9.61. The molecule has 0 aliphatic carbocycles. The lowest BCUT2D eigenvalue weighted by molar-refractivity contribution is -0.0141. The average Bonchev–Trinajstić information content (AvgIpc) is 3.47. The van der Waals surface area contributed by atoms with Crippen molar-refractivity contribution in [2.75, 3.05) is 28.4 Å². The van der Waals surface area contributed by atoms with Gasteiger partial charge in [-0.25, -0.2) is 14.4 Å². The van der Waals surface area contributed by atoms with Gasteiger partial charge < -0.3 is 38.2 Å². The highest BCUT2D eigenvalue weighted by molar-refractivity contribution is 5.91. The molecule has 4 bridgehead atoms. The van der Waals surface area contributed by atoms with Crippen LogP contribution in [0, 0.1) is 0 Å². The normalized spacial score (nSPS) is 27.0. The van der Waals surface area contributed by atoms with Gasteiger partial charge in [0.2, 0.25) is 0 Å². The Balaban J connectivity index is 1.06. The molecule has 2 unspecified atom stereocenters. The summed E-state index contributed by atoms with van der Waals surface area (Å²) >= 11 is 0. The van der Waals surface area contributed by atoms with Crippen molar-refractivity contribution in [1.82, 2.24) is 9.80 Å². The number of rotatable bonds is 8. The van der Waals surface area contributed by atoms with Crippen LogP contribution in [-0.4, -0.2) is 92.6 Å². The van der Waals surface area contributed by atoms with Gasteiger partial charge in [-0.15, -0.1) is 0 Å². The summed E-state index contributed by atoms with van der Waals surface area (Å²) in [4.78, 5) is 44.1. The SMILES string of the molecule is COc1ccc(C(=O)OC2C[C@H]3CC[C@@H](C2)N3C(=O)N2[C@@H]3CC[C@H]2CC(OC(=O)c2ccc(OC)c(OC)c2)C3)cc1OC. The van der Waals surface area contributed by atoms with Crippen LogP contribution in [0.25, 0.3) is 0 Å². The second-order valence-electron chi connectivity index (χ2n) is 12.0. The van der Waals surface area contributed by atoms with Gasteiger partial charge >= 0.3 is 18.0 Å². The van der Waals surface area contributed by atoms with E-state index in [1.165, 1.54) is 14.2 Å². The molecule has 0 N–H and O–H groups in total. The second kappa shape index (κ2) is 12.5. The molecule has 0 aromatic heterocycles. The Morgan fingerprint density at radius 1 is 0.545 bits per heavy atom. The van der Waals surface area contributed by atoms with Crippen molar-refractivity contribution >= 4 is 18.0 Å². The molecular weight excluding hydrogens is 568 g/mol. The van der Waals surface area contributed by atoms with Gasteiger partial charge in [-0.05, 0) is 62.1 Å². The molecule has 6 rings (SSSR count). The Morgan fingerprint density at radius 2 is 0.886 bits per heavy atom. The van der Waals surface area contributed by atoms with Gasteiger partial charge in [-0.2, -0.15) is 0 Å². The molecule has 11 heteroatoms. The number of amides is 2. The van der Waals surface area contributed by atoms with E-state index < -0.39 is 11.9 Å². The molecule has 0 radical (unpaired) electrons. The lowest BCUT2D eigenvalue weighted by atomic mass is 9.97. The summed E-state index contributed by atoms with van der Waals surface area (Å²) in [7, 11) is 6.15.